The van der Waals surface area contributed by atoms with E-state index in [9.17, 15) is 9.18 Å². The monoisotopic (exact) mass is 256 g/mol. The molecule has 0 aliphatic carbocycles. The number of aromatic nitrogens is 1. The summed E-state index contributed by atoms with van der Waals surface area (Å²) in [6.45, 7) is 3.54. The van der Waals surface area contributed by atoms with Gasteiger partial charge in [0, 0.05) is 11.8 Å². The molecule has 2 heterocycles. The highest BCUT2D eigenvalue weighted by Gasteiger charge is 2.42. The van der Waals surface area contributed by atoms with Crippen molar-refractivity contribution >= 4 is 21.2 Å². The van der Waals surface area contributed by atoms with Crippen LogP contribution in [0.2, 0.25) is 0 Å². The van der Waals surface area contributed by atoms with E-state index in [1.807, 2.05) is 6.92 Å². The average Bonchev–Trinajstić information content (AvgIpc) is 2.28. The van der Waals surface area contributed by atoms with Crippen molar-refractivity contribution in [1.82, 2.24) is 4.98 Å². The first-order valence-corrected chi connectivity index (χ1v) is 5.94. The summed E-state index contributed by atoms with van der Waals surface area (Å²) in [6, 6.07) is 1.77. The molecular weight excluding hydrogens is 242 g/mol. The molecule has 0 saturated heterocycles. The van der Waals surface area contributed by atoms with Crippen LogP contribution < -0.4 is 5.32 Å². The van der Waals surface area contributed by atoms with Crippen LogP contribution in [0.15, 0.2) is 12.3 Å². The molecule has 1 amide bonds. The maximum atomic E-state index is 14.4. The third-order valence-corrected chi connectivity index (χ3v) is 3.60. The summed E-state index contributed by atoms with van der Waals surface area (Å²) in [5, 5.41) is 0.798. The molecule has 92 valence electrons. The average molecular weight is 256 g/mol. The molecule has 0 spiro atoms. The van der Waals surface area contributed by atoms with E-state index in [-0.39, 0.29) is 6.42 Å². The van der Waals surface area contributed by atoms with E-state index < -0.39 is 17.6 Å². The number of carbonyl (C=O) groups is 1. The lowest BCUT2D eigenvalue weighted by Gasteiger charge is -2.34. The number of nitrogens with zero attached hydrogens (tertiary/aromatic N) is 1. The Balaban J connectivity index is 2.54. The van der Waals surface area contributed by atoms with Crippen LogP contribution >= 0.6 is 9.24 Å². The number of carbonyl (C=O) groups excluding carboxylic acids is 1. The van der Waals surface area contributed by atoms with Crippen LogP contribution in [0.4, 0.5) is 15.0 Å². The second-order valence-corrected chi connectivity index (χ2v) is 5.04. The van der Waals surface area contributed by atoms with Crippen LogP contribution in [0.3, 0.4) is 0 Å². The molecule has 1 aliphatic rings. The Morgan fingerprint density at radius 3 is 3.06 bits per heavy atom. The quantitative estimate of drug-likeness (QED) is 0.827. The van der Waals surface area contributed by atoms with Crippen molar-refractivity contribution in [3.05, 3.63) is 23.4 Å². The molecule has 2 rings (SSSR count). The Kier molecular flexibility index (Phi) is 3.04. The van der Waals surface area contributed by atoms with E-state index in [2.05, 4.69) is 19.5 Å². The predicted octanol–water partition coefficient (Wildman–Crippen LogP) is 2.94. The topological polar surface area (TPSA) is 51.2 Å². The Hall–Kier alpha value is -1.22. The number of ether oxygens (including phenoxy) is 1. The highest BCUT2D eigenvalue weighted by molar-refractivity contribution is 7.18. The Morgan fingerprint density at radius 1 is 1.71 bits per heavy atom. The highest BCUT2D eigenvalue weighted by atomic mass is 31.0. The fraction of sp³-hybridized carbons (Fsp3) is 0.455. The number of anilines is 1. The van der Waals surface area contributed by atoms with E-state index in [1.54, 1.807) is 19.2 Å². The summed E-state index contributed by atoms with van der Waals surface area (Å²) < 4.78 is 19.4. The highest BCUT2D eigenvalue weighted by Crippen LogP contribution is 2.45. The fourth-order valence-corrected chi connectivity index (χ4v) is 2.05. The lowest BCUT2D eigenvalue weighted by atomic mass is 9.98. The number of hydrogen-bond acceptors (Lipinski definition) is 3. The van der Waals surface area contributed by atoms with E-state index >= 15 is 0 Å². The van der Waals surface area contributed by atoms with Gasteiger partial charge >= 0.3 is 6.09 Å². The van der Waals surface area contributed by atoms with Gasteiger partial charge in [-0.2, -0.15) is 0 Å². The second kappa shape index (κ2) is 4.22. The van der Waals surface area contributed by atoms with Gasteiger partial charge in [0.05, 0.1) is 0 Å². The summed E-state index contributed by atoms with van der Waals surface area (Å²) in [5.74, 6) is 0.379. The summed E-state index contributed by atoms with van der Waals surface area (Å²) in [5.41, 5.74) is 1.45. The second-order valence-electron chi connectivity index (χ2n) is 4.08. The van der Waals surface area contributed by atoms with Crippen LogP contribution in [0, 0.1) is 6.92 Å². The molecule has 6 heteroatoms. The van der Waals surface area contributed by atoms with Gasteiger partial charge in [-0.25, -0.2) is 14.2 Å². The third-order valence-electron chi connectivity index (χ3n) is 2.89. The van der Waals surface area contributed by atoms with Gasteiger partial charge in [-0.05, 0) is 25.0 Å². The number of cyclic esters (lactones) is 1. The number of hydrogen-bond donors (Lipinski definition) is 1. The molecule has 0 saturated carbocycles. The molecule has 3 atom stereocenters. The van der Waals surface area contributed by atoms with Gasteiger partial charge in [0.2, 0.25) is 0 Å². The first-order chi connectivity index (χ1) is 7.95. The van der Waals surface area contributed by atoms with Crippen LogP contribution in [0.5, 0.6) is 0 Å². The first-order valence-electron chi connectivity index (χ1n) is 5.36. The summed E-state index contributed by atoms with van der Waals surface area (Å²) >= 11 is 0. The number of nitrogens with one attached hydrogen (secondary N) is 1. The van der Waals surface area contributed by atoms with Crippen molar-refractivity contribution < 1.29 is 13.9 Å². The zero-order valence-electron chi connectivity index (χ0n) is 9.66. The van der Waals surface area contributed by atoms with E-state index in [0.717, 1.165) is 5.56 Å². The maximum Gasteiger partial charge on any atom is 0.413 e. The molecule has 0 bridgehead atoms. The number of rotatable bonds is 2. The van der Waals surface area contributed by atoms with Crippen LogP contribution in [0.1, 0.15) is 30.6 Å². The standard InChI is InChI=1S/C11H14FN2O2P/c1-3-11(12,17)8-7-6(2)4-5-13-9(7)14-10(15)16-8/h4-5,8H,3,17H2,1-2H3,(H,13,14,15). The van der Waals surface area contributed by atoms with Crippen molar-refractivity contribution in [2.45, 2.75) is 31.8 Å². The van der Waals surface area contributed by atoms with E-state index in [1.165, 1.54) is 0 Å². The van der Waals surface area contributed by atoms with Crippen molar-refractivity contribution in [3.63, 3.8) is 0 Å². The van der Waals surface area contributed by atoms with Crippen LogP contribution in [0.25, 0.3) is 0 Å². The molecule has 0 aromatic carbocycles. The van der Waals surface area contributed by atoms with Gasteiger partial charge in [-0.15, -0.1) is 0 Å². The zero-order chi connectivity index (χ0) is 12.6. The van der Waals surface area contributed by atoms with Gasteiger partial charge < -0.3 is 4.74 Å². The molecular formula is C11H14FN2O2P. The van der Waals surface area contributed by atoms with E-state index in [0.29, 0.717) is 11.4 Å². The van der Waals surface area contributed by atoms with Gasteiger partial charge in [-0.1, -0.05) is 16.2 Å². The Morgan fingerprint density at radius 2 is 2.41 bits per heavy atom. The molecule has 0 radical (unpaired) electrons. The summed E-state index contributed by atoms with van der Waals surface area (Å²) in [7, 11) is 2.12. The Labute approximate surface area is 101 Å². The van der Waals surface area contributed by atoms with Gasteiger partial charge in [0.1, 0.15) is 5.82 Å². The fourth-order valence-electron chi connectivity index (χ4n) is 1.82. The molecule has 1 aromatic heterocycles. The normalized spacial score (nSPS) is 22.1. The van der Waals surface area contributed by atoms with Gasteiger partial charge in [0.15, 0.2) is 11.5 Å². The number of amides is 1. The largest absolute Gasteiger partial charge is 0.437 e. The lowest BCUT2D eigenvalue weighted by molar-refractivity contribution is 0.0277. The Bertz CT molecular complexity index is 465. The number of alkyl halides is 1. The molecule has 17 heavy (non-hydrogen) atoms. The maximum absolute atomic E-state index is 14.4. The number of pyridine rings is 1. The SMILES string of the molecule is CCC(F)(P)C1OC(=O)Nc2nccc(C)c21. The lowest BCUT2D eigenvalue weighted by Crippen LogP contribution is -2.35. The number of fused-ring (bicyclic) bond motifs is 1. The zero-order valence-corrected chi connectivity index (χ0v) is 10.8. The van der Waals surface area contributed by atoms with Crippen molar-refractivity contribution in [2.75, 3.05) is 5.32 Å². The number of halogens is 1. The summed E-state index contributed by atoms with van der Waals surface area (Å²) in [6.07, 6.45) is 0.197. The minimum atomic E-state index is -1.68. The van der Waals surface area contributed by atoms with Crippen LogP contribution in [-0.2, 0) is 4.74 Å². The number of aryl methyl sites for hydroxylation is 1. The molecule has 0 fully saturated rings. The summed E-state index contributed by atoms with van der Waals surface area (Å²) in [4.78, 5) is 15.4. The molecule has 1 aromatic rings. The first kappa shape index (κ1) is 12.2. The molecule has 3 unspecified atom stereocenters. The van der Waals surface area contributed by atoms with Gasteiger partial charge in [-0.3, -0.25) is 5.32 Å². The van der Waals surface area contributed by atoms with Crippen molar-refractivity contribution in [2.24, 2.45) is 0 Å². The molecule has 1 N–H and O–H groups in total. The molecule has 4 nitrogen and oxygen atoms in total. The van der Waals surface area contributed by atoms with E-state index in [4.69, 9.17) is 4.74 Å². The molecule has 1 aliphatic heterocycles. The smallest absolute Gasteiger partial charge is 0.413 e. The minimum Gasteiger partial charge on any atom is -0.437 e. The third kappa shape index (κ3) is 2.12. The minimum absolute atomic E-state index is 0.226. The predicted molar refractivity (Wildman–Crippen MR) is 65.7 cm³/mol. The van der Waals surface area contributed by atoms with Crippen molar-refractivity contribution in [3.8, 4) is 0 Å². The van der Waals surface area contributed by atoms with Crippen LogP contribution in [-0.4, -0.2) is 16.5 Å². The van der Waals surface area contributed by atoms with Crippen molar-refractivity contribution in [1.29, 1.82) is 0 Å². The van der Waals surface area contributed by atoms with Gasteiger partial charge in [0.25, 0.3) is 0 Å².